The van der Waals surface area contributed by atoms with E-state index in [1.165, 1.54) is 4.88 Å². The fourth-order valence-electron chi connectivity index (χ4n) is 2.91. The van der Waals surface area contributed by atoms with Crippen LogP contribution in [0.5, 0.6) is 11.5 Å². The first-order chi connectivity index (χ1) is 11.7. The van der Waals surface area contributed by atoms with Crippen LogP contribution in [0.1, 0.15) is 17.5 Å². The van der Waals surface area contributed by atoms with Gasteiger partial charge in [0.05, 0.1) is 17.8 Å². The molecule has 0 aliphatic carbocycles. The number of aromatic nitrogens is 2. The minimum atomic E-state index is -0.877. The van der Waals surface area contributed by atoms with Gasteiger partial charge in [0.25, 0.3) is 0 Å². The second kappa shape index (κ2) is 5.83. The maximum absolute atomic E-state index is 10.9. The Balaban J connectivity index is 1.84. The van der Waals surface area contributed by atoms with E-state index in [9.17, 15) is 4.79 Å². The van der Waals surface area contributed by atoms with Crippen LogP contribution in [0, 0.1) is 0 Å². The number of rotatable bonds is 4. The number of imidazole rings is 1. The molecule has 0 amide bonds. The molecule has 4 rings (SSSR count). The fraction of sp³-hybridized carbons (Fsp3) is 0.294. The first-order valence-corrected chi connectivity index (χ1v) is 8.59. The van der Waals surface area contributed by atoms with Crippen LogP contribution in [0.25, 0.3) is 16.2 Å². The van der Waals surface area contributed by atoms with Crippen LogP contribution in [-0.4, -0.2) is 33.7 Å². The number of hydrogen-bond acceptors (Lipinski definition) is 5. The molecular formula is C17H16N2O4S. The Bertz CT molecular complexity index is 928. The van der Waals surface area contributed by atoms with Crippen LogP contribution in [0.3, 0.4) is 0 Å². The fourth-order valence-corrected chi connectivity index (χ4v) is 3.99. The van der Waals surface area contributed by atoms with Crippen LogP contribution >= 0.6 is 11.3 Å². The lowest BCUT2D eigenvalue weighted by molar-refractivity contribution is -0.136. The number of ether oxygens (including phenoxy) is 2. The van der Waals surface area contributed by atoms with Gasteiger partial charge in [0, 0.05) is 16.6 Å². The molecule has 0 saturated carbocycles. The first kappa shape index (κ1) is 15.0. The van der Waals surface area contributed by atoms with Gasteiger partial charge in [0.1, 0.15) is 13.2 Å². The second-order valence-corrected chi connectivity index (χ2v) is 6.60. The molecule has 1 N–H and O–H groups in total. The number of fused-ring (bicyclic) bond motifs is 2. The van der Waals surface area contributed by atoms with Crippen LogP contribution < -0.4 is 9.47 Å². The molecule has 0 unspecified atom stereocenters. The standard InChI is InChI=1S/C17H16N2O4S/c1-2-14-16(10-3-4-12-13(7-10)23-6-5-22-12)19-9-11(8-15(20)21)18-17(19)24-14/h3-4,7,9H,2,5-6,8H2,1H3,(H,20,21). The van der Waals surface area contributed by atoms with E-state index in [0.717, 1.165) is 34.1 Å². The molecule has 7 heteroatoms. The molecule has 1 aromatic carbocycles. The molecule has 3 heterocycles. The predicted octanol–water partition coefficient (Wildman–Crippen LogP) is 3.02. The van der Waals surface area contributed by atoms with E-state index in [1.54, 1.807) is 11.3 Å². The Morgan fingerprint density at radius 1 is 1.33 bits per heavy atom. The summed E-state index contributed by atoms with van der Waals surface area (Å²) in [4.78, 5) is 17.4. The number of thiazole rings is 1. The average molecular weight is 344 g/mol. The monoisotopic (exact) mass is 344 g/mol. The zero-order valence-electron chi connectivity index (χ0n) is 13.1. The normalized spacial score (nSPS) is 13.4. The highest BCUT2D eigenvalue weighted by Gasteiger charge is 2.19. The van der Waals surface area contributed by atoms with Gasteiger partial charge in [-0.2, -0.15) is 0 Å². The first-order valence-electron chi connectivity index (χ1n) is 7.77. The summed E-state index contributed by atoms with van der Waals surface area (Å²) < 4.78 is 13.2. The number of carboxylic acid groups (broad SMARTS) is 1. The molecule has 0 spiro atoms. The van der Waals surface area contributed by atoms with Crippen LogP contribution in [0.15, 0.2) is 24.4 Å². The molecule has 0 atom stereocenters. The number of carboxylic acids is 1. The number of aryl methyl sites for hydroxylation is 1. The third kappa shape index (κ3) is 2.50. The van der Waals surface area contributed by atoms with Gasteiger partial charge in [-0.1, -0.05) is 6.92 Å². The average Bonchev–Trinajstić information content (AvgIpc) is 3.10. The van der Waals surface area contributed by atoms with Crippen molar-refractivity contribution >= 4 is 22.3 Å². The second-order valence-electron chi connectivity index (χ2n) is 5.54. The number of aliphatic carboxylic acids is 1. The van der Waals surface area contributed by atoms with Crippen LogP contribution in [0.2, 0.25) is 0 Å². The minimum absolute atomic E-state index is 0.0730. The molecule has 1 aliphatic heterocycles. The van der Waals surface area contributed by atoms with Gasteiger partial charge < -0.3 is 14.6 Å². The maximum Gasteiger partial charge on any atom is 0.309 e. The SMILES string of the molecule is CCc1sc2nc(CC(=O)O)cn2c1-c1ccc2c(c1)OCCO2. The quantitative estimate of drug-likeness (QED) is 0.787. The summed E-state index contributed by atoms with van der Waals surface area (Å²) in [6.45, 7) is 3.21. The highest BCUT2D eigenvalue weighted by Crippen LogP contribution is 2.38. The Hall–Kier alpha value is -2.54. The van der Waals surface area contributed by atoms with Gasteiger partial charge in [0.15, 0.2) is 16.5 Å². The van der Waals surface area contributed by atoms with E-state index in [4.69, 9.17) is 14.6 Å². The van der Waals surface area contributed by atoms with Crippen molar-refractivity contribution in [1.82, 2.24) is 9.38 Å². The summed E-state index contributed by atoms with van der Waals surface area (Å²) in [5.74, 6) is 0.620. The zero-order valence-corrected chi connectivity index (χ0v) is 13.9. The van der Waals surface area contributed by atoms with Crippen molar-refractivity contribution in [2.75, 3.05) is 13.2 Å². The van der Waals surface area contributed by atoms with E-state index in [-0.39, 0.29) is 6.42 Å². The van der Waals surface area contributed by atoms with E-state index in [0.29, 0.717) is 18.9 Å². The highest BCUT2D eigenvalue weighted by molar-refractivity contribution is 7.17. The van der Waals surface area contributed by atoms with Crippen LogP contribution in [0.4, 0.5) is 0 Å². The summed E-state index contributed by atoms with van der Waals surface area (Å²) in [6, 6.07) is 5.90. The molecule has 3 aromatic rings. The van der Waals surface area contributed by atoms with E-state index in [2.05, 4.69) is 11.9 Å². The van der Waals surface area contributed by atoms with Gasteiger partial charge in [-0.3, -0.25) is 9.20 Å². The minimum Gasteiger partial charge on any atom is -0.486 e. The van der Waals surface area contributed by atoms with Crippen molar-refractivity contribution in [1.29, 1.82) is 0 Å². The molecular weight excluding hydrogens is 328 g/mol. The van der Waals surface area contributed by atoms with Gasteiger partial charge in [-0.05, 0) is 24.6 Å². The Morgan fingerprint density at radius 2 is 2.12 bits per heavy atom. The van der Waals surface area contributed by atoms with Crippen molar-refractivity contribution in [2.45, 2.75) is 19.8 Å². The summed E-state index contributed by atoms with van der Waals surface area (Å²) in [7, 11) is 0. The smallest absolute Gasteiger partial charge is 0.309 e. The van der Waals surface area contributed by atoms with Crippen molar-refractivity contribution in [3.8, 4) is 22.8 Å². The highest BCUT2D eigenvalue weighted by atomic mass is 32.1. The zero-order chi connectivity index (χ0) is 16.7. The molecule has 0 saturated heterocycles. The number of nitrogens with zero attached hydrogens (tertiary/aromatic N) is 2. The molecule has 6 nitrogen and oxygen atoms in total. The molecule has 2 aromatic heterocycles. The van der Waals surface area contributed by atoms with Crippen LogP contribution in [-0.2, 0) is 17.6 Å². The van der Waals surface area contributed by atoms with Gasteiger partial charge in [-0.15, -0.1) is 11.3 Å². The van der Waals surface area contributed by atoms with E-state index in [1.807, 2.05) is 28.8 Å². The molecule has 1 aliphatic rings. The van der Waals surface area contributed by atoms with Crippen molar-refractivity contribution in [2.24, 2.45) is 0 Å². The third-order valence-corrected chi connectivity index (χ3v) is 5.11. The molecule has 0 radical (unpaired) electrons. The largest absolute Gasteiger partial charge is 0.486 e. The van der Waals surface area contributed by atoms with Gasteiger partial charge in [0.2, 0.25) is 0 Å². The Kier molecular flexibility index (Phi) is 3.65. The lowest BCUT2D eigenvalue weighted by atomic mass is 10.1. The lowest BCUT2D eigenvalue weighted by Gasteiger charge is -2.19. The molecule has 0 bridgehead atoms. The summed E-state index contributed by atoms with van der Waals surface area (Å²) in [5, 5.41) is 8.97. The van der Waals surface area contributed by atoms with Crippen molar-refractivity contribution in [3.63, 3.8) is 0 Å². The van der Waals surface area contributed by atoms with Gasteiger partial charge >= 0.3 is 5.97 Å². The topological polar surface area (TPSA) is 73.1 Å². The maximum atomic E-state index is 10.9. The lowest BCUT2D eigenvalue weighted by Crippen LogP contribution is -2.15. The van der Waals surface area contributed by atoms with Crippen molar-refractivity contribution < 1.29 is 19.4 Å². The molecule has 24 heavy (non-hydrogen) atoms. The summed E-state index contributed by atoms with van der Waals surface area (Å²) in [6.07, 6.45) is 2.62. The molecule has 124 valence electrons. The number of benzene rings is 1. The third-order valence-electron chi connectivity index (χ3n) is 3.91. The number of carbonyl (C=O) groups is 1. The van der Waals surface area contributed by atoms with Gasteiger partial charge in [-0.25, -0.2) is 4.98 Å². The van der Waals surface area contributed by atoms with E-state index >= 15 is 0 Å². The van der Waals surface area contributed by atoms with Crippen molar-refractivity contribution in [3.05, 3.63) is 35.0 Å². The molecule has 0 fully saturated rings. The Morgan fingerprint density at radius 3 is 2.88 bits per heavy atom. The predicted molar refractivity (Wildman–Crippen MR) is 90.2 cm³/mol. The number of hydrogen-bond donors (Lipinski definition) is 1. The summed E-state index contributed by atoms with van der Waals surface area (Å²) in [5.41, 5.74) is 2.62. The Labute approximate surface area is 142 Å². The summed E-state index contributed by atoms with van der Waals surface area (Å²) >= 11 is 1.59. The van der Waals surface area contributed by atoms with E-state index < -0.39 is 5.97 Å².